The number of fused-ring (bicyclic) bond motifs is 2. The molecule has 4 heterocycles. The number of carboxylic acids is 1. The van der Waals surface area contributed by atoms with Gasteiger partial charge in [0.2, 0.25) is 0 Å². The number of hydrogen-bond donors (Lipinski definition) is 1. The lowest BCUT2D eigenvalue weighted by molar-refractivity contribution is -0.00585. The van der Waals surface area contributed by atoms with Gasteiger partial charge in [0.25, 0.3) is 11.5 Å². The Bertz CT molecular complexity index is 1930. The van der Waals surface area contributed by atoms with Gasteiger partial charge in [-0.25, -0.2) is 9.78 Å². The Labute approximate surface area is 252 Å². The molecule has 1 saturated heterocycles. The summed E-state index contributed by atoms with van der Waals surface area (Å²) < 4.78 is 13.3. The first-order valence-corrected chi connectivity index (χ1v) is 14.7. The van der Waals surface area contributed by atoms with Crippen molar-refractivity contribution in [3.05, 3.63) is 87.5 Å². The van der Waals surface area contributed by atoms with Gasteiger partial charge >= 0.3 is 5.97 Å². The molecule has 224 valence electrons. The van der Waals surface area contributed by atoms with Gasteiger partial charge in [-0.2, -0.15) is 0 Å². The molecule has 1 amide bonds. The van der Waals surface area contributed by atoms with Crippen LogP contribution < -0.4 is 15.0 Å². The smallest absolute Gasteiger partial charge is 0.341 e. The number of aromatic carboxylic acids is 1. The third-order valence-electron chi connectivity index (χ3n) is 9.09. The maximum Gasteiger partial charge on any atom is 0.341 e. The Morgan fingerprint density at radius 1 is 1.05 bits per heavy atom. The molecule has 2 aliphatic heterocycles. The maximum absolute atomic E-state index is 13.7. The number of carbonyl (C=O) groups excluding carboxylic acids is 2. The van der Waals surface area contributed by atoms with Crippen molar-refractivity contribution >= 4 is 28.6 Å². The van der Waals surface area contributed by atoms with Crippen molar-refractivity contribution in [3.8, 4) is 22.6 Å². The molecule has 1 saturated carbocycles. The minimum Gasteiger partial charge on any atom is -0.496 e. The lowest BCUT2D eigenvalue weighted by Crippen LogP contribution is -2.52. The van der Waals surface area contributed by atoms with Crippen LogP contribution in [0.5, 0.6) is 11.5 Å². The summed E-state index contributed by atoms with van der Waals surface area (Å²) in [5, 5.41) is 10.3. The predicted octanol–water partition coefficient (Wildman–Crippen LogP) is 4.82. The number of aryl methyl sites for hydroxylation is 1. The van der Waals surface area contributed by atoms with E-state index in [1.807, 2.05) is 12.1 Å². The summed E-state index contributed by atoms with van der Waals surface area (Å²) in [5.41, 5.74) is 2.19. The van der Waals surface area contributed by atoms with Gasteiger partial charge in [0.15, 0.2) is 5.78 Å². The second kappa shape index (κ2) is 10.3. The SMILES string of the molecule is COc1cc(C(=O)N2CCC3(CC2)CC(=O)c2cc(-c4cc(C(=O)O)c(=O)n(C)c4)ccc2O3)nc2c(C3CC3)cccc12. The first-order chi connectivity index (χ1) is 21.2. The van der Waals surface area contributed by atoms with Crippen molar-refractivity contribution in [2.75, 3.05) is 20.2 Å². The number of piperidine rings is 1. The molecular formula is C34H31N3O7. The molecule has 2 aromatic carbocycles. The molecule has 0 bridgehead atoms. The summed E-state index contributed by atoms with van der Waals surface area (Å²) >= 11 is 0. The quantitative estimate of drug-likeness (QED) is 0.349. The number of carboxylic acid groups (broad SMARTS) is 1. The second-order valence-electron chi connectivity index (χ2n) is 12.0. The summed E-state index contributed by atoms with van der Waals surface area (Å²) in [4.78, 5) is 57.4. The number of amides is 1. The number of benzene rings is 2. The topological polar surface area (TPSA) is 128 Å². The van der Waals surface area contributed by atoms with Crippen LogP contribution in [0.25, 0.3) is 22.0 Å². The van der Waals surface area contributed by atoms with Crippen LogP contribution >= 0.6 is 0 Å². The van der Waals surface area contributed by atoms with Crippen molar-refractivity contribution in [1.29, 1.82) is 0 Å². The molecule has 2 aromatic heterocycles. The Kier molecular flexibility index (Phi) is 6.53. The van der Waals surface area contributed by atoms with Crippen LogP contribution in [0.2, 0.25) is 0 Å². The second-order valence-corrected chi connectivity index (χ2v) is 12.0. The van der Waals surface area contributed by atoms with Gasteiger partial charge in [0.05, 0.1) is 24.6 Å². The molecule has 0 radical (unpaired) electrons. The van der Waals surface area contributed by atoms with E-state index in [0.29, 0.717) is 65.7 Å². The van der Waals surface area contributed by atoms with Crippen molar-refractivity contribution in [3.63, 3.8) is 0 Å². The molecule has 3 aliphatic rings. The highest BCUT2D eigenvalue weighted by Crippen LogP contribution is 2.44. The summed E-state index contributed by atoms with van der Waals surface area (Å²) in [7, 11) is 3.09. The zero-order valence-corrected chi connectivity index (χ0v) is 24.5. The number of pyridine rings is 2. The molecule has 7 rings (SSSR count). The predicted molar refractivity (Wildman–Crippen MR) is 162 cm³/mol. The van der Waals surface area contributed by atoms with Crippen LogP contribution in [-0.4, -0.2) is 63.0 Å². The summed E-state index contributed by atoms with van der Waals surface area (Å²) in [6, 6.07) is 14.3. The first kappa shape index (κ1) is 27.8. The van der Waals surface area contributed by atoms with Gasteiger partial charge in [-0.05, 0) is 59.7 Å². The molecule has 44 heavy (non-hydrogen) atoms. The lowest BCUT2D eigenvalue weighted by Gasteiger charge is -2.44. The number of rotatable bonds is 5. The van der Waals surface area contributed by atoms with Gasteiger partial charge in [0, 0.05) is 50.6 Å². The lowest BCUT2D eigenvalue weighted by atomic mass is 9.82. The van der Waals surface area contributed by atoms with E-state index in [1.165, 1.54) is 17.7 Å². The van der Waals surface area contributed by atoms with E-state index in [2.05, 4.69) is 6.07 Å². The van der Waals surface area contributed by atoms with Crippen molar-refractivity contribution in [2.24, 2.45) is 7.05 Å². The third-order valence-corrected chi connectivity index (χ3v) is 9.09. The van der Waals surface area contributed by atoms with Gasteiger partial charge in [-0.1, -0.05) is 18.2 Å². The molecule has 1 spiro atoms. The maximum atomic E-state index is 13.7. The van der Waals surface area contributed by atoms with Crippen LogP contribution in [0.4, 0.5) is 0 Å². The largest absolute Gasteiger partial charge is 0.496 e. The van der Waals surface area contributed by atoms with Gasteiger partial charge in [0.1, 0.15) is 28.4 Å². The average molecular weight is 594 g/mol. The molecule has 1 aliphatic carbocycles. The van der Waals surface area contributed by atoms with E-state index in [-0.39, 0.29) is 23.7 Å². The number of ether oxygens (including phenoxy) is 2. The molecule has 2 fully saturated rings. The fraction of sp³-hybridized carbons (Fsp3) is 0.324. The minimum absolute atomic E-state index is 0.0790. The highest BCUT2D eigenvalue weighted by atomic mass is 16.5. The van der Waals surface area contributed by atoms with Crippen LogP contribution in [0, 0.1) is 0 Å². The number of hydrogen-bond acceptors (Lipinski definition) is 7. The minimum atomic E-state index is -1.31. The van der Waals surface area contributed by atoms with Crippen molar-refractivity contribution in [1.82, 2.24) is 14.5 Å². The standard InChI is InChI=1S/C34H31N3O7/c1-36-18-21(15-25(31(36)39)33(41)42)20-8-9-28-24(14-20)27(38)17-34(44-28)10-12-37(13-11-34)32(40)26-16-29(43-2)23-5-3-4-22(19-6-7-19)30(23)35-26/h3-5,8-9,14-16,18-19H,6-7,10-13,17H2,1-2H3,(H,41,42). The number of aromatic nitrogens is 2. The molecular weight excluding hydrogens is 562 g/mol. The molecule has 0 unspecified atom stereocenters. The van der Waals surface area contributed by atoms with E-state index >= 15 is 0 Å². The Morgan fingerprint density at radius 3 is 2.52 bits per heavy atom. The van der Waals surface area contributed by atoms with E-state index in [4.69, 9.17) is 14.5 Å². The van der Waals surface area contributed by atoms with E-state index in [1.54, 1.807) is 42.5 Å². The van der Waals surface area contributed by atoms with Crippen LogP contribution in [0.1, 0.15) is 74.8 Å². The molecule has 10 heteroatoms. The Morgan fingerprint density at radius 2 is 1.82 bits per heavy atom. The summed E-state index contributed by atoms with van der Waals surface area (Å²) in [5.74, 6) is 0.000291. The molecule has 1 N–H and O–H groups in total. The molecule has 4 aromatic rings. The number of likely N-dealkylation sites (tertiary alicyclic amines) is 1. The molecule has 10 nitrogen and oxygen atoms in total. The highest BCUT2D eigenvalue weighted by molar-refractivity contribution is 6.02. The fourth-order valence-corrected chi connectivity index (χ4v) is 6.50. The van der Waals surface area contributed by atoms with Crippen molar-refractivity contribution < 1.29 is 29.0 Å². The molecule has 0 atom stereocenters. The number of nitrogens with zero attached hydrogens (tertiary/aromatic N) is 3. The summed E-state index contributed by atoms with van der Waals surface area (Å²) in [6.45, 7) is 0.837. The van der Waals surface area contributed by atoms with Gasteiger partial charge < -0.3 is 24.0 Å². The number of ketones is 1. The Hall–Kier alpha value is -4.99. The van der Waals surface area contributed by atoms with E-state index in [0.717, 1.165) is 29.3 Å². The summed E-state index contributed by atoms with van der Waals surface area (Å²) in [6.07, 6.45) is 4.95. The number of para-hydroxylation sites is 1. The normalized spacial score (nSPS) is 17.3. The van der Waals surface area contributed by atoms with Crippen LogP contribution in [0.15, 0.2) is 59.5 Å². The fourth-order valence-electron chi connectivity index (χ4n) is 6.50. The van der Waals surface area contributed by atoms with Gasteiger partial charge in [-0.3, -0.25) is 14.4 Å². The van der Waals surface area contributed by atoms with Crippen LogP contribution in [-0.2, 0) is 7.05 Å². The zero-order valence-electron chi connectivity index (χ0n) is 24.5. The number of carbonyl (C=O) groups is 3. The zero-order chi connectivity index (χ0) is 30.7. The van der Waals surface area contributed by atoms with Crippen molar-refractivity contribution in [2.45, 2.75) is 43.6 Å². The van der Waals surface area contributed by atoms with E-state index in [9.17, 15) is 24.3 Å². The Balaban J connectivity index is 1.10. The average Bonchev–Trinajstić information content (AvgIpc) is 3.87. The monoisotopic (exact) mass is 593 g/mol. The van der Waals surface area contributed by atoms with Crippen LogP contribution in [0.3, 0.4) is 0 Å². The first-order valence-electron chi connectivity index (χ1n) is 14.7. The number of Topliss-reactive ketones (excluding diaryl/α,β-unsaturated/α-hetero) is 1. The van der Waals surface area contributed by atoms with Gasteiger partial charge in [-0.15, -0.1) is 0 Å². The number of methoxy groups -OCH3 is 1. The third kappa shape index (κ3) is 4.70. The highest BCUT2D eigenvalue weighted by Gasteiger charge is 2.44. The van der Waals surface area contributed by atoms with E-state index < -0.39 is 17.1 Å².